The van der Waals surface area contributed by atoms with Crippen LogP contribution in [0.4, 0.5) is 5.69 Å². The van der Waals surface area contributed by atoms with Crippen molar-refractivity contribution in [3.05, 3.63) is 113 Å². The lowest BCUT2D eigenvalue weighted by Gasteiger charge is -2.09. The summed E-state index contributed by atoms with van der Waals surface area (Å²) in [6.45, 7) is 0. The number of carbonyl (C=O) groups is 2. The molecule has 2 aromatic heterocycles. The van der Waals surface area contributed by atoms with Crippen LogP contribution >= 0.6 is 22.9 Å². The lowest BCUT2D eigenvalue weighted by Crippen LogP contribution is -2.12. The molecular weight excluding hydrogens is 498 g/mol. The molecular formula is C27H18ClN3O4S. The SMILES string of the molecule is O=C(O)c1cccc(-n2cc(C(=O)Nc3cccc(Oc4ccccc4)c3)c(-c3ccc(Cl)s3)n2)c1. The van der Waals surface area contributed by atoms with E-state index in [9.17, 15) is 14.7 Å². The number of carboxylic acid groups (broad SMARTS) is 1. The number of hydrogen-bond acceptors (Lipinski definition) is 5. The number of amides is 1. The molecule has 5 aromatic rings. The van der Waals surface area contributed by atoms with Gasteiger partial charge in [-0.25, -0.2) is 9.48 Å². The number of hydrogen-bond donors (Lipinski definition) is 2. The zero-order valence-electron chi connectivity index (χ0n) is 18.6. The number of halogens is 1. The molecule has 0 radical (unpaired) electrons. The highest BCUT2D eigenvalue weighted by Crippen LogP contribution is 2.33. The summed E-state index contributed by atoms with van der Waals surface area (Å²) in [5, 5.41) is 16.8. The van der Waals surface area contributed by atoms with Gasteiger partial charge in [0.2, 0.25) is 0 Å². The molecule has 0 atom stereocenters. The topological polar surface area (TPSA) is 93.5 Å². The van der Waals surface area contributed by atoms with E-state index < -0.39 is 5.97 Å². The minimum atomic E-state index is -1.05. The Bertz CT molecular complexity index is 1560. The van der Waals surface area contributed by atoms with Gasteiger partial charge >= 0.3 is 5.97 Å². The van der Waals surface area contributed by atoms with E-state index in [1.165, 1.54) is 28.2 Å². The molecule has 0 fully saturated rings. The number of ether oxygens (including phenoxy) is 1. The Morgan fingerprint density at radius 2 is 1.69 bits per heavy atom. The summed E-state index contributed by atoms with van der Waals surface area (Å²) in [4.78, 5) is 25.5. The molecule has 0 unspecified atom stereocenters. The van der Waals surface area contributed by atoms with Crippen molar-refractivity contribution >= 4 is 40.5 Å². The first kappa shape index (κ1) is 23.3. The summed E-state index contributed by atoms with van der Waals surface area (Å²) in [6.07, 6.45) is 1.57. The third-order valence-electron chi connectivity index (χ3n) is 5.19. The van der Waals surface area contributed by atoms with Crippen LogP contribution in [0.2, 0.25) is 4.34 Å². The normalized spacial score (nSPS) is 10.7. The minimum Gasteiger partial charge on any atom is -0.478 e. The first-order valence-electron chi connectivity index (χ1n) is 10.8. The van der Waals surface area contributed by atoms with Crippen LogP contribution in [0.15, 0.2) is 97.2 Å². The third-order valence-corrected chi connectivity index (χ3v) is 6.43. The zero-order chi connectivity index (χ0) is 25.1. The maximum absolute atomic E-state index is 13.4. The van der Waals surface area contributed by atoms with E-state index in [4.69, 9.17) is 16.3 Å². The first-order valence-corrected chi connectivity index (χ1v) is 12.0. The van der Waals surface area contributed by atoms with Gasteiger partial charge in [-0.15, -0.1) is 11.3 Å². The fourth-order valence-corrected chi connectivity index (χ4v) is 4.58. The number of rotatable bonds is 7. The number of benzene rings is 3. The molecule has 5 rings (SSSR count). The van der Waals surface area contributed by atoms with Gasteiger partial charge in [-0.1, -0.05) is 41.9 Å². The Labute approximate surface area is 215 Å². The molecule has 0 spiro atoms. The van der Waals surface area contributed by atoms with Crippen molar-refractivity contribution in [2.24, 2.45) is 0 Å². The number of thiophene rings is 1. The highest BCUT2D eigenvalue weighted by Gasteiger charge is 2.21. The number of aromatic nitrogens is 2. The summed E-state index contributed by atoms with van der Waals surface area (Å²) >= 11 is 7.43. The zero-order valence-corrected chi connectivity index (χ0v) is 20.2. The van der Waals surface area contributed by atoms with Gasteiger partial charge in [0.15, 0.2) is 0 Å². The summed E-state index contributed by atoms with van der Waals surface area (Å²) in [6, 6.07) is 26.3. The van der Waals surface area contributed by atoms with Gasteiger partial charge < -0.3 is 15.2 Å². The maximum Gasteiger partial charge on any atom is 0.335 e. The minimum absolute atomic E-state index is 0.116. The third kappa shape index (κ3) is 5.14. The van der Waals surface area contributed by atoms with Crippen molar-refractivity contribution in [1.29, 1.82) is 0 Å². The van der Waals surface area contributed by atoms with Crippen molar-refractivity contribution in [3.63, 3.8) is 0 Å². The first-order chi connectivity index (χ1) is 17.5. The van der Waals surface area contributed by atoms with E-state index in [1.807, 2.05) is 30.3 Å². The molecule has 7 nitrogen and oxygen atoms in total. The van der Waals surface area contributed by atoms with Crippen molar-refractivity contribution in [1.82, 2.24) is 9.78 Å². The number of nitrogens with one attached hydrogen (secondary N) is 1. The van der Waals surface area contributed by atoms with E-state index in [0.717, 1.165) is 0 Å². The molecule has 0 aliphatic heterocycles. The van der Waals surface area contributed by atoms with Gasteiger partial charge in [0, 0.05) is 18.0 Å². The van der Waals surface area contributed by atoms with Crippen molar-refractivity contribution < 1.29 is 19.4 Å². The van der Waals surface area contributed by atoms with Gasteiger partial charge in [-0.05, 0) is 54.6 Å². The predicted octanol–water partition coefficient (Wildman–Crippen LogP) is 7.00. The Balaban J connectivity index is 1.47. The maximum atomic E-state index is 13.4. The van der Waals surface area contributed by atoms with E-state index >= 15 is 0 Å². The molecule has 36 heavy (non-hydrogen) atoms. The summed E-state index contributed by atoms with van der Waals surface area (Å²) in [7, 11) is 0. The largest absolute Gasteiger partial charge is 0.478 e. The molecule has 0 saturated carbocycles. The fourth-order valence-electron chi connectivity index (χ4n) is 3.54. The molecule has 9 heteroatoms. The molecule has 0 saturated heterocycles. The molecule has 3 aromatic carbocycles. The lowest BCUT2D eigenvalue weighted by molar-refractivity contribution is 0.0696. The van der Waals surface area contributed by atoms with Crippen LogP contribution in [0.25, 0.3) is 16.3 Å². The van der Waals surface area contributed by atoms with Gasteiger partial charge in [0.25, 0.3) is 5.91 Å². The number of aromatic carboxylic acids is 1. The van der Waals surface area contributed by atoms with Crippen LogP contribution in [0, 0.1) is 0 Å². The molecule has 0 aliphatic carbocycles. The van der Waals surface area contributed by atoms with Crippen molar-refractivity contribution in [3.8, 4) is 27.8 Å². The molecule has 178 valence electrons. The van der Waals surface area contributed by atoms with Crippen LogP contribution in [0.3, 0.4) is 0 Å². The van der Waals surface area contributed by atoms with Gasteiger partial charge in [0.05, 0.1) is 26.0 Å². The molecule has 0 bridgehead atoms. The Kier molecular flexibility index (Phi) is 6.53. The number of carbonyl (C=O) groups excluding carboxylic acids is 1. The second kappa shape index (κ2) is 10.1. The molecule has 1 amide bonds. The second-order valence-corrected chi connectivity index (χ2v) is 9.41. The molecule has 2 N–H and O–H groups in total. The van der Waals surface area contributed by atoms with E-state index in [1.54, 1.807) is 54.7 Å². The second-order valence-electron chi connectivity index (χ2n) is 7.69. The molecule has 0 aliphatic rings. The Morgan fingerprint density at radius 1 is 0.917 bits per heavy atom. The highest BCUT2D eigenvalue weighted by atomic mass is 35.5. The lowest BCUT2D eigenvalue weighted by atomic mass is 10.2. The monoisotopic (exact) mass is 515 g/mol. The van der Waals surface area contributed by atoms with Crippen molar-refractivity contribution in [2.75, 3.05) is 5.32 Å². The van der Waals surface area contributed by atoms with E-state index in [-0.39, 0.29) is 11.5 Å². The predicted molar refractivity (Wildman–Crippen MR) is 140 cm³/mol. The highest BCUT2D eigenvalue weighted by molar-refractivity contribution is 7.19. The average molecular weight is 516 g/mol. The van der Waals surface area contributed by atoms with Crippen LogP contribution < -0.4 is 10.1 Å². The van der Waals surface area contributed by atoms with Gasteiger partial charge in [-0.3, -0.25) is 4.79 Å². The van der Waals surface area contributed by atoms with Crippen LogP contribution in [-0.4, -0.2) is 26.8 Å². The number of anilines is 1. The number of nitrogens with zero attached hydrogens (tertiary/aromatic N) is 2. The fraction of sp³-hybridized carbons (Fsp3) is 0. The number of para-hydroxylation sites is 1. The summed E-state index contributed by atoms with van der Waals surface area (Å²) < 4.78 is 7.91. The standard InChI is InChI=1S/C27H18ClN3O4S/c28-24-13-12-23(36-24)25-22(16-31(30-25)19-8-4-6-17(14-19)27(33)34)26(32)29-18-7-5-11-21(15-18)35-20-9-2-1-3-10-20/h1-16H,(H,29,32)(H,33,34). The number of carboxylic acids is 1. The van der Waals surface area contributed by atoms with Gasteiger partial charge in [0.1, 0.15) is 17.2 Å². The summed E-state index contributed by atoms with van der Waals surface area (Å²) in [5.41, 5.74) is 1.91. The molecule has 2 heterocycles. The Hall–Kier alpha value is -4.40. The van der Waals surface area contributed by atoms with Crippen LogP contribution in [-0.2, 0) is 0 Å². The van der Waals surface area contributed by atoms with E-state index in [2.05, 4.69) is 10.4 Å². The summed E-state index contributed by atoms with van der Waals surface area (Å²) in [5.74, 6) is -0.176. The Morgan fingerprint density at radius 3 is 2.44 bits per heavy atom. The quantitative estimate of drug-likeness (QED) is 0.243. The van der Waals surface area contributed by atoms with Crippen molar-refractivity contribution in [2.45, 2.75) is 0 Å². The smallest absolute Gasteiger partial charge is 0.335 e. The average Bonchev–Trinajstić information content (AvgIpc) is 3.52. The van der Waals surface area contributed by atoms with E-state index in [0.29, 0.717) is 43.3 Å². The van der Waals surface area contributed by atoms with Crippen LogP contribution in [0.5, 0.6) is 11.5 Å². The van der Waals surface area contributed by atoms with Crippen LogP contribution in [0.1, 0.15) is 20.7 Å². The van der Waals surface area contributed by atoms with Gasteiger partial charge in [-0.2, -0.15) is 5.10 Å².